The summed E-state index contributed by atoms with van der Waals surface area (Å²) in [5, 5.41) is 12.2. The first-order valence-electron chi connectivity index (χ1n) is 10.5. The van der Waals surface area contributed by atoms with Crippen molar-refractivity contribution in [1.29, 1.82) is 0 Å². The monoisotopic (exact) mass is 428 g/mol. The van der Waals surface area contributed by atoms with Gasteiger partial charge in [-0.05, 0) is 44.7 Å². The number of carbonyl (C=O) groups excluding carboxylic acids is 2. The number of likely N-dealkylation sites (tertiary alicyclic amines) is 1. The smallest absolute Gasteiger partial charge is 0.240 e. The molecule has 1 aliphatic rings. The zero-order valence-corrected chi connectivity index (χ0v) is 18.5. The SMILES string of the molecule is CC1CCN(C(=O)CSc2nnc3n(CC(=O)NC(C)C)c4ccccc4n23)CC1. The predicted octanol–water partition coefficient (Wildman–Crippen LogP) is 2.56. The van der Waals surface area contributed by atoms with Crippen LogP contribution in [0.3, 0.4) is 0 Å². The van der Waals surface area contributed by atoms with Crippen LogP contribution in [0.5, 0.6) is 0 Å². The minimum absolute atomic E-state index is 0.0695. The second-order valence-electron chi connectivity index (χ2n) is 8.27. The highest BCUT2D eigenvalue weighted by atomic mass is 32.2. The number of hydrogen-bond acceptors (Lipinski definition) is 5. The number of thioether (sulfide) groups is 1. The average Bonchev–Trinajstić information content (AvgIpc) is 3.26. The first-order valence-corrected chi connectivity index (χ1v) is 11.4. The lowest BCUT2D eigenvalue weighted by atomic mass is 9.99. The van der Waals surface area contributed by atoms with Gasteiger partial charge in [0.2, 0.25) is 17.6 Å². The predicted molar refractivity (Wildman–Crippen MR) is 117 cm³/mol. The highest BCUT2D eigenvalue weighted by Gasteiger charge is 2.23. The molecule has 3 heterocycles. The zero-order valence-electron chi connectivity index (χ0n) is 17.7. The molecule has 0 unspecified atom stereocenters. The molecule has 3 aromatic rings. The number of benzene rings is 1. The van der Waals surface area contributed by atoms with Gasteiger partial charge in [0.05, 0.1) is 16.8 Å². The van der Waals surface area contributed by atoms with Gasteiger partial charge >= 0.3 is 0 Å². The van der Waals surface area contributed by atoms with Crippen LogP contribution in [0.25, 0.3) is 16.8 Å². The molecule has 1 N–H and O–H groups in total. The van der Waals surface area contributed by atoms with Crippen molar-refractivity contribution in [3.63, 3.8) is 0 Å². The largest absolute Gasteiger partial charge is 0.352 e. The minimum Gasteiger partial charge on any atom is -0.352 e. The zero-order chi connectivity index (χ0) is 21.3. The lowest BCUT2D eigenvalue weighted by Gasteiger charge is -2.30. The van der Waals surface area contributed by atoms with Crippen molar-refractivity contribution in [3.8, 4) is 0 Å². The number of fused-ring (bicyclic) bond motifs is 3. The number of piperidine rings is 1. The van der Waals surface area contributed by atoms with Gasteiger partial charge in [-0.3, -0.25) is 18.6 Å². The molecule has 0 spiro atoms. The second-order valence-corrected chi connectivity index (χ2v) is 9.21. The first kappa shape index (κ1) is 20.7. The molecule has 8 nitrogen and oxygen atoms in total. The molecule has 0 bridgehead atoms. The Balaban J connectivity index is 1.57. The minimum atomic E-state index is -0.0695. The summed E-state index contributed by atoms with van der Waals surface area (Å²) in [7, 11) is 0. The van der Waals surface area contributed by atoms with Crippen LogP contribution >= 0.6 is 11.8 Å². The highest BCUT2D eigenvalue weighted by Crippen LogP contribution is 2.26. The summed E-state index contributed by atoms with van der Waals surface area (Å²) < 4.78 is 3.81. The Bertz CT molecular complexity index is 1060. The maximum absolute atomic E-state index is 12.6. The third-order valence-electron chi connectivity index (χ3n) is 5.48. The van der Waals surface area contributed by atoms with Crippen molar-refractivity contribution in [2.24, 2.45) is 5.92 Å². The van der Waals surface area contributed by atoms with Crippen LogP contribution in [0.4, 0.5) is 0 Å². The Morgan fingerprint density at radius 1 is 1.17 bits per heavy atom. The van der Waals surface area contributed by atoms with Gasteiger partial charge in [-0.1, -0.05) is 30.8 Å². The molecule has 2 amide bonds. The van der Waals surface area contributed by atoms with E-state index in [1.54, 1.807) is 0 Å². The lowest BCUT2D eigenvalue weighted by Crippen LogP contribution is -2.38. The summed E-state index contributed by atoms with van der Waals surface area (Å²) in [6, 6.07) is 7.93. The standard InChI is InChI=1S/C21H28N6O2S/c1-14(2)22-18(28)12-26-16-6-4-5-7-17(16)27-20(26)23-24-21(27)30-13-19(29)25-10-8-15(3)9-11-25/h4-7,14-15H,8-13H2,1-3H3,(H,22,28). The summed E-state index contributed by atoms with van der Waals surface area (Å²) in [5.41, 5.74) is 1.84. The number of imidazole rings is 1. The number of carbonyl (C=O) groups is 2. The summed E-state index contributed by atoms with van der Waals surface area (Å²) in [6.45, 7) is 7.95. The molecule has 9 heteroatoms. The molecule has 0 aliphatic carbocycles. The number of para-hydroxylation sites is 2. The number of hydrogen-bond donors (Lipinski definition) is 1. The van der Waals surface area contributed by atoms with Crippen molar-refractivity contribution in [2.75, 3.05) is 18.8 Å². The topological polar surface area (TPSA) is 84.5 Å². The Morgan fingerprint density at radius 3 is 2.57 bits per heavy atom. The first-order chi connectivity index (χ1) is 14.4. The molecular weight excluding hydrogens is 400 g/mol. The molecule has 0 saturated carbocycles. The van der Waals surface area contributed by atoms with Crippen molar-refractivity contribution >= 4 is 40.4 Å². The summed E-state index contributed by atoms with van der Waals surface area (Å²) in [4.78, 5) is 27.0. The number of rotatable bonds is 6. The third-order valence-corrected chi connectivity index (χ3v) is 6.40. The number of nitrogens with zero attached hydrogens (tertiary/aromatic N) is 5. The van der Waals surface area contributed by atoms with Crippen LogP contribution in [-0.4, -0.2) is 60.8 Å². The highest BCUT2D eigenvalue weighted by molar-refractivity contribution is 7.99. The maximum atomic E-state index is 12.6. The molecule has 160 valence electrons. The molecule has 0 atom stereocenters. The van der Waals surface area contributed by atoms with E-state index in [4.69, 9.17) is 0 Å². The van der Waals surface area contributed by atoms with E-state index in [1.807, 2.05) is 52.0 Å². The normalized spacial score (nSPS) is 15.4. The van der Waals surface area contributed by atoms with E-state index in [2.05, 4.69) is 22.4 Å². The fourth-order valence-electron chi connectivity index (χ4n) is 3.87. The quantitative estimate of drug-likeness (QED) is 0.610. The van der Waals surface area contributed by atoms with Gasteiger partial charge in [-0.15, -0.1) is 10.2 Å². The fraction of sp³-hybridized carbons (Fsp3) is 0.524. The molecule has 30 heavy (non-hydrogen) atoms. The Kier molecular flexibility index (Phi) is 5.99. The summed E-state index contributed by atoms with van der Waals surface area (Å²) in [6.07, 6.45) is 2.13. The molecule has 1 saturated heterocycles. The summed E-state index contributed by atoms with van der Waals surface area (Å²) >= 11 is 1.40. The van der Waals surface area contributed by atoms with Crippen LogP contribution in [-0.2, 0) is 16.1 Å². The number of amides is 2. The van der Waals surface area contributed by atoms with Gasteiger partial charge in [-0.2, -0.15) is 0 Å². The van der Waals surface area contributed by atoms with Crippen LogP contribution in [0.2, 0.25) is 0 Å². The van der Waals surface area contributed by atoms with E-state index >= 15 is 0 Å². The van der Waals surface area contributed by atoms with Gasteiger partial charge in [0.25, 0.3) is 0 Å². The van der Waals surface area contributed by atoms with Crippen molar-refractivity contribution in [2.45, 2.75) is 51.4 Å². The van der Waals surface area contributed by atoms with Gasteiger partial charge in [0.1, 0.15) is 6.54 Å². The van der Waals surface area contributed by atoms with Gasteiger partial charge < -0.3 is 10.2 Å². The molecule has 1 fully saturated rings. The van der Waals surface area contributed by atoms with Crippen LogP contribution in [0, 0.1) is 5.92 Å². The number of nitrogens with one attached hydrogen (secondary N) is 1. The Labute approximate surface area is 180 Å². The molecule has 0 radical (unpaired) electrons. The molecule has 4 rings (SSSR count). The van der Waals surface area contributed by atoms with Crippen molar-refractivity contribution < 1.29 is 9.59 Å². The van der Waals surface area contributed by atoms with E-state index < -0.39 is 0 Å². The Morgan fingerprint density at radius 2 is 1.87 bits per heavy atom. The van der Waals surface area contributed by atoms with E-state index in [-0.39, 0.29) is 24.4 Å². The Hall–Kier alpha value is -2.55. The van der Waals surface area contributed by atoms with E-state index in [0.717, 1.165) is 37.0 Å². The van der Waals surface area contributed by atoms with Crippen molar-refractivity contribution in [1.82, 2.24) is 29.4 Å². The van der Waals surface area contributed by atoms with Crippen molar-refractivity contribution in [3.05, 3.63) is 24.3 Å². The maximum Gasteiger partial charge on any atom is 0.240 e. The van der Waals surface area contributed by atoms with E-state index in [0.29, 0.717) is 22.6 Å². The lowest BCUT2D eigenvalue weighted by molar-refractivity contribution is -0.129. The van der Waals surface area contributed by atoms with Gasteiger partial charge in [0, 0.05) is 19.1 Å². The second kappa shape index (κ2) is 8.67. The third kappa shape index (κ3) is 4.16. The molecule has 1 aromatic carbocycles. The van der Waals surface area contributed by atoms with Gasteiger partial charge in [0.15, 0.2) is 5.16 Å². The van der Waals surface area contributed by atoms with Crippen LogP contribution in [0.1, 0.15) is 33.6 Å². The van der Waals surface area contributed by atoms with Crippen LogP contribution in [0.15, 0.2) is 29.4 Å². The molecular formula is C21H28N6O2S. The van der Waals surface area contributed by atoms with E-state index in [9.17, 15) is 9.59 Å². The van der Waals surface area contributed by atoms with Crippen LogP contribution < -0.4 is 5.32 Å². The van der Waals surface area contributed by atoms with E-state index in [1.165, 1.54) is 11.8 Å². The molecule has 1 aliphatic heterocycles. The fourth-order valence-corrected chi connectivity index (χ4v) is 4.72. The molecule has 2 aromatic heterocycles. The van der Waals surface area contributed by atoms with Gasteiger partial charge in [-0.25, -0.2) is 0 Å². The number of aromatic nitrogens is 4. The summed E-state index contributed by atoms with van der Waals surface area (Å²) in [5.74, 6) is 1.71. The average molecular weight is 429 g/mol.